The molecule has 0 aliphatic carbocycles. The van der Waals surface area contributed by atoms with Gasteiger partial charge in [0.2, 0.25) is 0 Å². The van der Waals surface area contributed by atoms with Gasteiger partial charge in [-0.25, -0.2) is 4.79 Å². The van der Waals surface area contributed by atoms with Crippen molar-refractivity contribution in [1.82, 2.24) is 0 Å². The van der Waals surface area contributed by atoms with Gasteiger partial charge in [0.1, 0.15) is 0 Å². The number of carboxylic acids is 1. The number of ether oxygens (including phenoxy) is 2. The minimum Gasteiger partial charge on any atom is -0.478 e. The Balaban J connectivity index is 0.000000597. The van der Waals surface area contributed by atoms with Gasteiger partial charge in [-0.2, -0.15) is 0 Å². The van der Waals surface area contributed by atoms with E-state index in [0.717, 1.165) is 16.7 Å². The lowest BCUT2D eigenvalue weighted by molar-refractivity contribution is -0.0140. The standard InChI is InChI=1S/C18H20O3.C4H10O/c1-4-21-18(2,3)16-11-9-14(10-12-16)13-5-7-15(8-6-13)17(19)20;1-4(2)5-3/h5-12H,4H2,1-3H3,(H,19,20);4H,1-3H3. The summed E-state index contributed by atoms with van der Waals surface area (Å²) < 4.78 is 10.5. The van der Waals surface area contributed by atoms with Crippen LogP contribution in [0, 0.1) is 0 Å². The Morgan fingerprint density at radius 1 is 1.00 bits per heavy atom. The van der Waals surface area contributed by atoms with Crippen LogP contribution in [-0.2, 0) is 15.1 Å². The van der Waals surface area contributed by atoms with Crippen LogP contribution in [0.25, 0.3) is 11.1 Å². The molecule has 142 valence electrons. The molecule has 0 bridgehead atoms. The lowest BCUT2D eigenvalue weighted by Gasteiger charge is -2.25. The van der Waals surface area contributed by atoms with E-state index in [-0.39, 0.29) is 5.60 Å². The molecule has 0 heterocycles. The van der Waals surface area contributed by atoms with Crippen LogP contribution < -0.4 is 0 Å². The van der Waals surface area contributed by atoms with Gasteiger partial charge in [-0.15, -0.1) is 0 Å². The number of carboxylic acid groups (broad SMARTS) is 1. The highest BCUT2D eigenvalue weighted by Crippen LogP contribution is 2.27. The van der Waals surface area contributed by atoms with Gasteiger partial charge < -0.3 is 14.6 Å². The molecule has 4 nitrogen and oxygen atoms in total. The molecular weight excluding hydrogens is 328 g/mol. The van der Waals surface area contributed by atoms with Crippen LogP contribution in [-0.4, -0.2) is 30.9 Å². The molecule has 0 aliphatic heterocycles. The van der Waals surface area contributed by atoms with Crippen molar-refractivity contribution in [2.45, 2.75) is 46.3 Å². The van der Waals surface area contributed by atoms with Gasteiger partial charge in [0.25, 0.3) is 0 Å². The third-order valence-corrected chi connectivity index (χ3v) is 4.02. The van der Waals surface area contributed by atoms with Crippen LogP contribution in [0.2, 0.25) is 0 Å². The topological polar surface area (TPSA) is 55.8 Å². The lowest BCUT2D eigenvalue weighted by Crippen LogP contribution is -2.21. The molecule has 1 N–H and O–H groups in total. The molecule has 0 fully saturated rings. The van der Waals surface area contributed by atoms with Crippen LogP contribution in [0.1, 0.15) is 50.5 Å². The van der Waals surface area contributed by atoms with Crippen molar-refractivity contribution >= 4 is 5.97 Å². The first-order chi connectivity index (χ1) is 12.2. The van der Waals surface area contributed by atoms with Gasteiger partial charge in [0.15, 0.2) is 0 Å². The number of carbonyl (C=O) groups is 1. The van der Waals surface area contributed by atoms with Gasteiger partial charge in [-0.1, -0.05) is 36.4 Å². The highest BCUT2D eigenvalue weighted by Gasteiger charge is 2.20. The number of aromatic carboxylic acids is 1. The molecule has 2 rings (SSSR count). The Kier molecular flexibility index (Phi) is 8.49. The largest absolute Gasteiger partial charge is 0.478 e. The summed E-state index contributed by atoms with van der Waals surface area (Å²) in [5.41, 5.74) is 3.17. The van der Waals surface area contributed by atoms with Crippen LogP contribution in [0.3, 0.4) is 0 Å². The van der Waals surface area contributed by atoms with Crippen molar-refractivity contribution in [2.75, 3.05) is 13.7 Å². The average molecular weight is 358 g/mol. The molecule has 2 aromatic carbocycles. The van der Waals surface area contributed by atoms with E-state index in [0.29, 0.717) is 18.3 Å². The van der Waals surface area contributed by atoms with Crippen LogP contribution >= 0.6 is 0 Å². The summed E-state index contributed by atoms with van der Waals surface area (Å²) in [5, 5.41) is 8.91. The Morgan fingerprint density at radius 2 is 1.42 bits per heavy atom. The summed E-state index contributed by atoms with van der Waals surface area (Å²) in [7, 11) is 1.70. The first kappa shape index (κ1) is 21.9. The monoisotopic (exact) mass is 358 g/mol. The molecule has 0 amide bonds. The smallest absolute Gasteiger partial charge is 0.335 e. The van der Waals surface area contributed by atoms with Crippen molar-refractivity contribution in [3.63, 3.8) is 0 Å². The first-order valence-corrected chi connectivity index (χ1v) is 8.82. The molecule has 0 unspecified atom stereocenters. The van der Waals surface area contributed by atoms with E-state index in [1.807, 2.05) is 58.9 Å². The Labute approximate surface area is 156 Å². The Morgan fingerprint density at radius 3 is 1.77 bits per heavy atom. The normalized spacial score (nSPS) is 11.0. The predicted octanol–water partition coefficient (Wildman–Crippen LogP) is 5.36. The third kappa shape index (κ3) is 6.62. The van der Waals surface area contributed by atoms with E-state index in [2.05, 4.69) is 12.1 Å². The molecule has 0 atom stereocenters. The van der Waals surface area contributed by atoms with Gasteiger partial charge in [-0.3, -0.25) is 0 Å². The molecule has 0 aromatic heterocycles. The van der Waals surface area contributed by atoms with Gasteiger partial charge >= 0.3 is 5.97 Å². The van der Waals surface area contributed by atoms with Crippen LogP contribution in [0.15, 0.2) is 48.5 Å². The third-order valence-electron chi connectivity index (χ3n) is 4.02. The fourth-order valence-corrected chi connectivity index (χ4v) is 2.31. The number of hydrogen-bond donors (Lipinski definition) is 1. The summed E-state index contributed by atoms with van der Waals surface area (Å²) in [4.78, 5) is 10.9. The van der Waals surface area contributed by atoms with Crippen molar-refractivity contribution in [3.8, 4) is 11.1 Å². The molecule has 26 heavy (non-hydrogen) atoms. The highest BCUT2D eigenvalue weighted by molar-refractivity contribution is 5.88. The predicted molar refractivity (Wildman–Crippen MR) is 106 cm³/mol. The highest BCUT2D eigenvalue weighted by atomic mass is 16.5. The van der Waals surface area contributed by atoms with E-state index in [1.165, 1.54) is 0 Å². The SMILES string of the molecule is CCOC(C)(C)c1ccc(-c2ccc(C(=O)O)cc2)cc1.COC(C)C. The zero-order valence-corrected chi connectivity index (χ0v) is 16.6. The van der Waals surface area contributed by atoms with E-state index in [4.69, 9.17) is 14.6 Å². The second-order valence-electron chi connectivity index (χ2n) is 6.69. The van der Waals surface area contributed by atoms with Crippen molar-refractivity contribution in [2.24, 2.45) is 0 Å². The van der Waals surface area contributed by atoms with E-state index in [1.54, 1.807) is 19.2 Å². The molecule has 0 saturated carbocycles. The van der Waals surface area contributed by atoms with Crippen molar-refractivity contribution in [1.29, 1.82) is 0 Å². The second kappa shape index (κ2) is 10.1. The summed E-state index contributed by atoms with van der Waals surface area (Å²) in [6.45, 7) is 10.8. The lowest BCUT2D eigenvalue weighted by atomic mass is 9.95. The second-order valence-corrected chi connectivity index (χ2v) is 6.69. The number of benzene rings is 2. The molecule has 0 aliphatic rings. The zero-order chi connectivity index (χ0) is 19.7. The maximum atomic E-state index is 10.9. The van der Waals surface area contributed by atoms with Crippen LogP contribution in [0.5, 0.6) is 0 Å². The number of rotatable bonds is 6. The van der Waals surface area contributed by atoms with Crippen LogP contribution in [0.4, 0.5) is 0 Å². The van der Waals surface area contributed by atoms with E-state index in [9.17, 15) is 4.79 Å². The molecule has 4 heteroatoms. The van der Waals surface area contributed by atoms with E-state index < -0.39 is 5.97 Å². The maximum Gasteiger partial charge on any atom is 0.335 e. The summed E-state index contributed by atoms with van der Waals surface area (Å²) in [6, 6.07) is 15.1. The van der Waals surface area contributed by atoms with Crippen molar-refractivity contribution < 1.29 is 19.4 Å². The molecule has 2 aromatic rings. The fourth-order valence-electron chi connectivity index (χ4n) is 2.31. The zero-order valence-electron chi connectivity index (χ0n) is 16.6. The molecule has 0 saturated heterocycles. The molecular formula is C22H30O4. The summed E-state index contributed by atoms with van der Waals surface area (Å²) >= 11 is 0. The molecule has 0 radical (unpaired) electrons. The van der Waals surface area contributed by atoms with Gasteiger partial charge in [0, 0.05) is 13.7 Å². The van der Waals surface area contributed by atoms with Crippen molar-refractivity contribution in [3.05, 3.63) is 59.7 Å². The first-order valence-electron chi connectivity index (χ1n) is 8.82. The molecule has 0 spiro atoms. The Hall–Kier alpha value is -2.17. The van der Waals surface area contributed by atoms with Gasteiger partial charge in [-0.05, 0) is 63.4 Å². The summed E-state index contributed by atoms with van der Waals surface area (Å²) in [6.07, 6.45) is 0.384. The van der Waals surface area contributed by atoms with E-state index >= 15 is 0 Å². The average Bonchev–Trinajstić information content (AvgIpc) is 2.62. The number of hydrogen-bond acceptors (Lipinski definition) is 3. The minimum atomic E-state index is -0.907. The summed E-state index contributed by atoms with van der Waals surface area (Å²) in [5.74, 6) is -0.907. The fraction of sp³-hybridized carbons (Fsp3) is 0.409. The number of methoxy groups -OCH3 is 1. The Bertz CT molecular complexity index is 670. The maximum absolute atomic E-state index is 10.9. The quantitative estimate of drug-likeness (QED) is 0.755. The minimum absolute atomic E-state index is 0.299. The van der Waals surface area contributed by atoms with Gasteiger partial charge in [0.05, 0.1) is 17.3 Å².